The van der Waals surface area contributed by atoms with Gasteiger partial charge in [-0.3, -0.25) is 0 Å². The van der Waals surface area contributed by atoms with E-state index in [0.717, 1.165) is 42.9 Å². The van der Waals surface area contributed by atoms with Crippen molar-refractivity contribution in [2.45, 2.75) is 13.3 Å². The normalized spacial score (nSPS) is 23.8. The van der Waals surface area contributed by atoms with Crippen molar-refractivity contribution < 1.29 is 0 Å². The molecule has 2 unspecified atom stereocenters. The molecule has 2 N–H and O–H groups in total. The van der Waals surface area contributed by atoms with Crippen LogP contribution in [0.15, 0.2) is 30.5 Å². The van der Waals surface area contributed by atoms with Crippen molar-refractivity contribution in [1.82, 2.24) is 9.97 Å². The van der Waals surface area contributed by atoms with E-state index in [-0.39, 0.29) is 0 Å². The first-order chi connectivity index (χ1) is 9.28. The maximum atomic E-state index is 5.86. The summed E-state index contributed by atoms with van der Waals surface area (Å²) in [7, 11) is 0. The van der Waals surface area contributed by atoms with Gasteiger partial charge in [0.25, 0.3) is 0 Å². The fraction of sp³-hybridized carbons (Fsp3) is 0.467. The van der Waals surface area contributed by atoms with Gasteiger partial charge in [0.05, 0.1) is 5.52 Å². The van der Waals surface area contributed by atoms with Crippen LogP contribution in [0.5, 0.6) is 0 Å². The minimum atomic E-state index is 0.545. The Bertz CT molecular complexity index is 569. The summed E-state index contributed by atoms with van der Waals surface area (Å²) in [6.45, 7) is 5.02. The minimum Gasteiger partial charge on any atom is -0.340 e. The lowest BCUT2D eigenvalue weighted by Gasteiger charge is -2.36. The van der Waals surface area contributed by atoms with Crippen LogP contribution in [0.3, 0.4) is 0 Å². The Labute approximate surface area is 113 Å². The molecular weight excluding hydrogens is 236 g/mol. The molecule has 19 heavy (non-hydrogen) atoms. The predicted octanol–water partition coefficient (Wildman–Crippen LogP) is 2.05. The third-order valence-electron chi connectivity index (χ3n) is 4.18. The van der Waals surface area contributed by atoms with Crippen LogP contribution in [0, 0.1) is 11.8 Å². The highest BCUT2D eigenvalue weighted by Gasteiger charge is 2.26. The van der Waals surface area contributed by atoms with Crippen LogP contribution in [0.1, 0.15) is 13.3 Å². The monoisotopic (exact) mass is 256 g/mol. The Balaban J connectivity index is 1.87. The molecule has 0 saturated carbocycles. The lowest BCUT2D eigenvalue weighted by Crippen LogP contribution is -2.43. The summed E-state index contributed by atoms with van der Waals surface area (Å²) in [6.07, 6.45) is 3.07. The number of rotatable bonds is 2. The molecule has 1 aliphatic heterocycles. The smallest absolute Gasteiger partial charge is 0.225 e. The van der Waals surface area contributed by atoms with Gasteiger partial charge < -0.3 is 10.6 Å². The molecule has 3 rings (SSSR count). The van der Waals surface area contributed by atoms with Crippen LogP contribution in [0.4, 0.5) is 5.95 Å². The summed E-state index contributed by atoms with van der Waals surface area (Å²) < 4.78 is 0. The SMILES string of the molecule is CC1CCN(c2ncc3ccccc3n2)CC1CN. The fourth-order valence-electron chi connectivity index (χ4n) is 2.75. The Morgan fingerprint density at radius 1 is 1.37 bits per heavy atom. The van der Waals surface area contributed by atoms with Crippen molar-refractivity contribution in [2.75, 3.05) is 24.5 Å². The third-order valence-corrected chi connectivity index (χ3v) is 4.18. The molecule has 2 atom stereocenters. The lowest BCUT2D eigenvalue weighted by atomic mass is 9.87. The van der Waals surface area contributed by atoms with Crippen LogP contribution in [-0.2, 0) is 0 Å². The highest BCUT2D eigenvalue weighted by Crippen LogP contribution is 2.25. The van der Waals surface area contributed by atoms with Gasteiger partial charge in [-0.15, -0.1) is 0 Å². The van der Waals surface area contributed by atoms with Crippen molar-refractivity contribution >= 4 is 16.9 Å². The number of anilines is 1. The van der Waals surface area contributed by atoms with E-state index in [1.165, 1.54) is 0 Å². The molecule has 4 heteroatoms. The van der Waals surface area contributed by atoms with Gasteiger partial charge in [0, 0.05) is 24.7 Å². The van der Waals surface area contributed by atoms with Crippen LogP contribution in [0.25, 0.3) is 10.9 Å². The van der Waals surface area contributed by atoms with Crippen LogP contribution in [0.2, 0.25) is 0 Å². The summed E-state index contributed by atoms with van der Waals surface area (Å²) >= 11 is 0. The summed E-state index contributed by atoms with van der Waals surface area (Å²) in [4.78, 5) is 11.4. The predicted molar refractivity (Wildman–Crippen MR) is 78.1 cm³/mol. The zero-order valence-electron chi connectivity index (χ0n) is 11.3. The standard InChI is InChI=1S/C15H20N4/c1-11-6-7-19(10-13(11)8-16)15-17-9-12-4-2-3-5-14(12)18-15/h2-5,9,11,13H,6-8,10,16H2,1H3. The molecule has 1 fully saturated rings. The van der Waals surface area contributed by atoms with Crippen molar-refractivity contribution in [3.63, 3.8) is 0 Å². The van der Waals surface area contributed by atoms with E-state index >= 15 is 0 Å². The van der Waals surface area contributed by atoms with Gasteiger partial charge in [-0.2, -0.15) is 0 Å². The molecule has 0 bridgehead atoms. The lowest BCUT2D eigenvalue weighted by molar-refractivity contribution is 0.306. The zero-order valence-corrected chi connectivity index (χ0v) is 11.3. The maximum Gasteiger partial charge on any atom is 0.225 e. The molecule has 1 saturated heterocycles. The molecule has 1 aromatic carbocycles. The molecule has 1 aliphatic rings. The summed E-state index contributed by atoms with van der Waals surface area (Å²) in [5, 5.41) is 1.09. The van der Waals surface area contributed by atoms with E-state index in [4.69, 9.17) is 5.73 Å². The number of nitrogens with two attached hydrogens (primary N) is 1. The summed E-state index contributed by atoms with van der Waals surface area (Å²) in [6, 6.07) is 8.10. The van der Waals surface area contributed by atoms with E-state index < -0.39 is 0 Å². The number of fused-ring (bicyclic) bond motifs is 1. The second kappa shape index (κ2) is 5.13. The van der Waals surface area contributed by atoms with Gasteiger partial charge in [0.15, 0.2) is 0 Å². The second-order valence-corrected chi connectivity index (χ2v) is 5.44. The molecule has 100 valence electrons. The molecule has 0 spiro atoms. The van der Waals surface area contributed by atoms with Crippen LogP contribution >= 0.6 is 0 Å². The van der Waals surface area contributed by atoms with Gasteiger partial charge in [-0.05, 0) is 30.9 Å². The number of hydrogen-bond donors (Lipinski definition) is 1. The molecule has 0 amide bonds. The summed E-state index contributed by atoms with van der Waals surface area (Å²) in [5.41, 5.74) is 6.87. The molecule has 0 radical (unpaired) electrons. The quantitative estimate of drug-likeness (QED) is 0.893. The molecule has 4 nitrogen and oxygen atoms in total. The van der Waals surface area contributed by atoms with Gasteiger partial charge in [0.1, 0.15) is 0 Å². The van der Waals surface area contributed by atoms with E-state index in [9.17, 15) is 0 Å². The van der Waals surface area contributed by atoms with Crippen molar-refractivity contribution in [3.8, 4) is 0 Å². The Hall–Kier alpha value is -1.68. The number of aromatic nitrogens is 2. The van der Waals surface area contributed by atoms with Gasteiger partial charge >= 0.3 is 0 Å². The number of hydrogen-bond acceptors (Lipinski definition) is 4. The van der Waals surface area contributed by atoms with Crippen molar-refractivity contribution in [2.24, 2.45) is 17.6 Å². The molecule has 0 aliphatic carbocycles. The van der Waals surface area contributed by atoms with E-state index in [1.807, 2.05) is 30.5 Å². The molecule has 1 aromatic heterocycles. The average Bonchev–Trinajstić information content (AvgIpc) is 2.47. The van der Waals surface area contributed by atoms with E-state index in [1.54, 1.807) is 0 Å². The van der Waals surface area contributed by atoms with Crippen LogP contribution in [-0.4, -0.2) is 29.6 Å². The molecular formula is C15H20N4. The number of nitrogens with zero attached hydrogens (tertiary/aromatic N) is 3. The minimum absolute atomic E-state index is 0.545. The first-order valence-electron chi connectivity index (χ1n) is 6.94. The average molecular weight is 256 g/mol. The first-order valence-corrected chi connectivity index (χ1v) is 6.94. The van der Waals surface area contributed by atoms with Gasteiger partial charge in [-0.25, -0.2) is 9.97 Å². The summed E-state index contributed by atoms with van der Waals surface area (Å²) in [5.74, 6) is 2.08. The topological polar surface area (TPSA) is 55.0 Å². The van der Waals surface area contributed by atoms with Crippen molar-refractivity contribution in [3.05, 3.63) is 30.5 Å². The number of piperidine rings is 1. The third kappa shape index (κ3) is 2.40. The maximum absolute atomic E-state index is 5.86. The Morgan fingerprint density at radius 2 is 2.21 bits per heavy atom. The van der Waals surface area contributed by atoms with Gasteiger partial charge in [0.2, 0.25) is 5.95 Å². The Morgan fingerprint density at radius 3 is 3.05 bits per heavy atom. The zero-order chi connectivity index (χ0) is 13.2. The van der Waals surface area contributed by atoms with E-state index in [0.29, 0.717) is 11.8 Å². The Kier molecular flexibility index (Phi) is 3.34. The van der Waals surface area contributed by atoms with Crippen molar-refractivity contribution in [1.29, 1.82) is 0 Å². The fourth-order valence-corrected chi connectivity index (χ4v) is 2.75. The largest absolute Gasteiger partial charge is 0.340 e. The number of benzene rings is 1. The first kappa shape index (κ1) is 12.4. The molecule has 2 heterocycles. The van der Waals surface area contributed by atoms with E-state index in [2.05, 4.69) is 21.8 Å². The number of para-hydroxylation sites is 1. The highest BCUT2D eigenvalue weighted by molar-refractivity contribution is 5.78. The van der Waals surface area contributed by atoms with Crippen LogP contribution < -0.4 is 10.6 Å². The van der Waals surface area contributed by atoms with Gasteiger partial charge in [-0.1, -0.05) is 25.1 Å². The highest BCUT2D eigenvalue weighted by atomic mass is 15.3. The second-order valence-electron chi connectivity index (χ2n) is 5.44. The molecule has 2 aromatic rings.